The van der Waals surface area contributed by atoms with Gasteiger partial charge in [0.05, 0.1) is 0 Å². The van der Waals surface area contributed by atoms with Crippen molar-refractivity contribution in [1.82, 2.24) is 0 Å². The summed E-state index contributed by atoms with van der Waals surface area (Å²) in [6.45, 7) is 0. The molecule has 13 rings (SSSR count). The Bertz CT molecular complexity index is 3730. The lowest BCUT2D eigenvalue weighted by molar-refractivity contribution is 0.668. The van der Waals surface area contributed by atoms with Gasteiger partial charge in [0.2, 0.25) is 0 Å². The van der Waals surface area contributed by atoms with Crippen LogP contribution in [0.4, 0.5) is 17.1 Å². The van der Waals surface area contributed by atoms with Gasteiger partial charge in [-0.2, -0.15) is 0 Å². The van der Waals surface area contributed by atoms with Crippen LogP contribution in [0.3, 0.4) is 0 Å². The molecule has 4 heteroatoms. The standard InChI is InChI=1S/C60H37NO3/c1-4-17-53-49(12-1)52-37-43(28-35-56(52)62-53)42-11-7-10-41(36-42)38-22-29-44(30-23-38)61(45-31-24-39(25-32-45)47-15-8-20-57-59(47)50-13-2-5-18-54(50)63-57)46-33-26-40(27-34-46)48-16-9-21-58-60(48)51-14-3-6-19-55(51)64-58/h1-37H. The molecule has 0 saturated heterocycles. The monoisotopic (exact) mass is 819 g/mol. The predicted molar refractivity (Wildman–Crippen MR) is 265 cm³/mol. The topological polar surface area (TPSA) is 42.7 Å². The maximum atomic E-state index is 6.25. The number of fused-ring (bicyclic) bond motifs is 9. The molecule has 0 aliphatic rings. The Kier molecular flexibility index (Phi) is 8.18. The molecule has 0 spiro atoms. The molecule has 0 fully saturated rings. The van der Waals surface area contributed by atoms with Gasteiger partial charge in [-0.3, -0.25) is 0 Å². The van der Waals surface area contributed by atoms with E-state index in [1.165, 1.54) is 0 Å². The molecule has 3 heterocycles. The van der Waals surface area contributed by atoms with Gasteiger partial charge in [0.25, 0.3) is 0 Å². The number of furan rings is 3. The maximum Gasteiger partial charge on any atom is 0.136 e. The number of rotatable bonds is 7. The van der Waals surface area contributed by atoms with Crippen molar-refractivity contribution in [1.29, 1.82) is 0 Å². The molecule has 0 saturated carbocycles. The summed E-state index contributed by atoms with van der Waals surface area (Å²) in [7, 11) is 0. The number of hydrogen-bond acceptors (Lipinski definition) is 4. The minimum Gasteiger partial charge on any atom is -0.456 e. The number of para-hydroxylation sites is 3. The van der Waals surface area contributed by atoms with Crippen molar-refractivity contribution >= 4 is 82.9 Å². The average molecular weight is 820 g/mol. The highest BCUT2D eigenvalue weighted by molar-refractivity contribution is 6.13. The molecule has 13 aromatic rings. The van der Waals surface area contributed by atoms with Gasteiger partial charge in [0.1, 0.15) is 33.5 Å². The SMILES string of the molecule is c1cc(-c2ccc(N(c3ccc(-c4cccc5oc6ccccc6c45)cc3)c3ccc(-c4cccc5oc6ccccc6c45)cc3)cc2)cc(-c2ccc3oc4ccccc4c3c2)c1. The Morgan fingerprint density at radius 1 is 0.234 bits per heavy atom. The normalized spacial score (nSPS) is 11.8. The zero-order valence-electron chi connectivity index (χ0n) is 34.5. The molecule has 64 heavy (non-hydrogen) atoms. The second kappa shape index (κ2) is 14.5. The molecule has 0 radical (unpaired) electrons. The van der Waals surface area contributed by atoms with Crippen LogP contribution in [0.5, 0.6) is 0 Å². The quantitative estimate of drug-likeness (QED) is 0.161. The first-order chi connectivity index (χ1) is 31.7. The Balaban J connectivity index is 0.883. The molecule has 0 N–H and O–H groups in total. The fourth-order valence-corrected chi connectivity index (χ4v) is 9.64. The van der Waals surface area contributed by atoms with E-state index in [-0.39, 0.29) is 0 Å². The lowest BCUT2D eigenvalue weighted by Crippen LogP contribution is -2.09. The molecular formula is C60H37NO3. The van der Waals surface area contributed by atoms with E-state index in [0.29, 0.717) is 0 Å². The third-order valence-electron chi connectivity index (χ3n) is 12.7. The van der Waals surface area contributed by atoms with Crippen LogP contribution in [-0.2, 0) is 0 Å². The van der Waals surface area contributed by atoms with Crippen molar-refractivity contribution < 1.29 is 13.3 Å². The number of benzene rings is 10. The summed E-state index contributed by atoms with van der Waals surface area (Å²) in [5.74, 6) is 0. The van der Waals surface area contributed by atoms with Gasteiger partial charge in [-0.1, -0.05) is 140 Å². The highest BCUT2D eigenvalue weighted by atomic mass is 16.3. The van der Waals surface area contributed by atoms with Crippen molar-refractivity contribution in [2.45, 2.75) is 0 Å². The molecule has 0 bridgehead atoms. The van der Waals surface area contributed by atoms with Crippen LogP contribution < -0.4 is 4.90 Å². The Morgan fingerprint density at radius 2 is 0.609 bits per heavy atom. The summed E-state index contributed by atoms with van der Waals surface area (Å²) < 4.78 is 18.6. The molecule has 3 aromatic heterocycles. The van der Waals surface area contributed by atoms with E-state index >= 15 is 0 Å². The third kappa shape index (κ3) is 5.92. The van der Waals surface area contributed by atoms with Crippen LogP contribution in [0.15, 0.2) is 238 Å². The Labute approximate surface area is 368 Å². The van der Waals surface area contributed by atoms with Crippen LogP contribution in [0, 0.1) is 0 Å². The first-order valence-electron chi connectivity index (χ1n) is 21.6. The lowest BCUT2D eigenvalue weighted by Gasteiger charge is -2.26. The van der Waals surface area contributed by atoms with E-state index in [9.17, 15) is 0 Å². The molecule has 0 amide bonds. The van der Waals surface area contributed by atoms with Crippen molar-refractivity contribution in [2.24, 2.45) is 0 Å². The van der Waals surface area contributed by atoms with Crippen molar-refractivity contribution in [3.8, 4) is 44.5 Å². The molecule has 0 atom stereocenters. The maximum absolute atomic E-state index is 6.25. The van der Waals surface area contributed by atoms with E-state index in [1.54, 1.807) is 0 Å². The van der Waals surface area contributed by atoms with E-state index in [1.807, 2.05) is 36.4 Å². The molecule has 0 unspecified atom stereocenters. The molecule has 4 nitrogen and oxygen atoms in total. The van der Waals surface area contributed by atoms with Crippen LogP contribution in [-0.4, -0.2) is 0 Å². The van der Waals surface area contributed by atoms with Crippen LogP contribution in [0.2, 0.25) is 0 Å². The molecule has 0 aliphatic heterocycles. The lowest BCUT2D eigenvalue weighted by atomic mass is 9.97. The zero-order valence-corrected chi connectivity index (χ0v) is 34.5. The number of hydrogen-bond donors (Lipinski definition) is 0. The van der Waals surface area contributed by atoms with Gasteiger partial charge in [-0.25, -0.2) is 0 Å². The first kappa shape index (κ1) is 36.1. The van der Waals surface area contributed by atoms with Crippen LogP contribution in [0.25, 0.3) is 110 Å². The molecule has 0 aliphatic carbocycles. The van der Waals surface area contributed by atoms with E-state index in [4.69, 9.17) is 13.3 Å². The summed E-state index contributed by atoms with van der Waals surface area (Å²) in [5, 5.41) is 6.77. The average Bonchev–Trinajstić information content (AvgIpc) is 4.06. The smallest absolute Gasteiger partial charge is 0.136 e. The number of anilines is 3. The van der Waals surface area contributed by atoms with Gasteiger partial charge in [-0.05, 0) is 129 Å². The highest BCUT2D eigenvalue weighted by Crippen LogP contribution is 2.42. The minimum absolute atomic E-state index is 0.891. The molecular weight excluding hydrogens is 783 g/mol. The van der Waals surface area contributed by atoms with Crippen molar-refractivity contribution in [2.75, 3.05) is 4.90 Å². The van der Waals surface area contributed by atoms with E-state index in [2.05, 4.69) is 193 Å². The van der Waals surface area contributed by atoms with Gasteiger partial charge < -0.3 is 18.2 Å². The Hall–Kier alpha value is -8.60. The van der Waals surface area contributed by atoms with Crippen LogP contribution in [0.1, 0.15) is 0 Å². The summed E-state index contributed by atoms with van der Waals surface area (Å²) in [5.41, 5.74) is 17.7. The summed E-state index contributed by atoms with van der Waals surface area (Å²) in [6, 6.07) is 79.4. The summed E-state index contributed by atoms with van der Waals surface area (Å²) in [4.78, 5) is 2.33. The Morgan fingerprint density at radius 3 is 1.16 bits per heavy atom. The van der Waals surface area contributed by atoms with Crippen molar-refractivity contribution in [3.05, 3.63) is 224 Å². The predicted octanol–water partition coefficient (Wildman–Crippen LogP) is 17.5. The van der Waals surface area contributed by atoms with Gasteiger partial charge in [0, 0.05) is 49.4 Å². The number of nitrogens with zero attached hydrogens (tertiary/aromatic N) is 1. The van der Waals surface area contributed by atoms with E-state index in [0.717, 1.165) is 127 Å². The van der Waals surface area contributed by atoms with Crippen LogP contribution >= 0.6 is 0 Å². The fraction of sp³-hybridized carbons (Fsp3) is 0. The summed E-state index contributed by atoms with van der Waals surface area (Å²) in [6.07, 6.45) is 0. The third-order valence-corrected chi connectivity index (χ3v) is 12.7. The van der Waals surface area contributed by atoms with Gasteiger partial charge in [0.15, 0.2) is 0 Å². The largest absolute Gasteiger partial charge is 0.456 e. The van der Waals surface area contributed by atoms with Crippen molar-refractivity contribution in [3.63, 3.8) is 0 Å². The minimum atomic E-state index is 0.891. The van der Waals surface area contributed by atoms with E-state index < -0.39 is 0 Å². The van der Waals surface area contributed by atoms with Gasteiger partial charge >= 0.3 is 0 Å². The second-order valence-electron chi connectivity index (χ2n) is 16.4. The molecule has 10 aromatic carbocycles. The highest BCUT2D eigenvalue weighted by Gasteiger charge is 2.18. The first-order valence-corrected chi connectivity index (χ1v) is 21.6. The van der Waals surface area contributed by atoms with Gasteiger partial charge in [-0.15, -0.1) is 0 Å². The zero-order chi connectivity index (χ0) is 42.1. The summed E-state index contributed by atoms with van der Waals surface area (Å²) >= 11 is 0. The molecule has 300 valence electrons. The fourth-order valence-electron chi connectivity index (χ4n) is 9.64. The second-order valence-corrected chi connectivity index (χ2v) is 16.4.